The summed E-state index contributed by atoms with van der Waals surface area (Å²) in [6, 6.07) is 128. The fraction of sp³-hybridized carbons (Fsp3) is 0.111. The van der Waals surface area contributed by atoms with Crippen molar-refractivity contribution in [2.45, 2.75) is 77.0 Å². The van der Waals surface area contributed by atoms with Crippen LogP contribution < -0.4 is 0 Å². The molecule has 0 bridgehead atoms. The van der Waals surface area contributed by atoms with Crippen molar-refractivity contribution in [1.29, 1.82) is 0 Å². The molecule has 0 atom stereocenters. The second kappa shape index (κ2) is 23.5. The van der Waals surface area contributed by atoms with E-state index in [-0.39, 0.29) is 21.7 Å². The van der Waals surface area contributed by atoms with E-state index in [0.717, 1.165) is 0 Å². The zero-order valence-corrected chi connectivity index (χ0v) is 62.3. The molecule has 0 N–H and O–H groups in total. The smallest absolute Gasteiger partial charge is 0.0162 e. The molecule has 0 fully saturated rings. The van der Waals surface area contributed by atoms with E-state index in [1.807, 2.05) is 0 Å². The summed E-state index contributed by atoms with van der Waals surface area (Å²) in [5, 5.41) is 15.2. The predicted molar refractivity (Wildman–Crippen MR) is 461 cm³/mol. The summed E-state index contributed by atoms with van der Waals surface area (Å²) in [7, 11) is 0. The molecule has 18 aromatic carbocycles. The van der Waals surface area contributed by atoms with E-state index in [1.54, 1.807) is 0 Å². The van der Waals surface area contributed by atoms with Crippen LogP contribution in [0.25, 0.3) is 176 Å². The molecule has 0 saturated carbocycles. The van der Waals surface area contributed by atoms with E-state index in [0.29, 0.717) is 0 Å². The van der Waals surface area contributed by atoms with Crippen LogP contribution in [0.1, 0.15) is 99.9 Å². The molecule has 4 aliphatic carbocycles. The van der Waals surface area contributed by atoms with Crippen LogP contribution in [0.4, 0.5) is 0 Å². The number of hydrogen-bond donors (Lipinski definition) is 0. The Bertz CT molecular complexity index is 6920. The van der Waals surface area contributed by atoms with Crippen LogP contribution in [0.2, 0.25) is 0 Å². The molecule has 0 aromatic heterocycles. The molecule has 22 rings (SSSR count). The van der Waals surface area contributed by atoms with Gasteiger partial charge in [-0.25, -0.2) is 0 Å². The van der Waals surface area contributed by atoms with E-state index in [2.05, 4.69) is 395 Å². The largest absolute Gasteiger partial charge is 0.0619 e. The fourth-order valence-corrected chi connectivity index (χ4v) is 20.0. The summed E-state index contributed by atoms with van der Waals surface area (Å²) in [6.07, 6.45) is 0. The molecule has 0 heteroatoms. The topological polar surface area (TPSA) is 0 Å². The number of benzene rings is 18. The lowest BCUT2D eigenvalue weighted by molar-refractivity contribution is 0.601. The van der Waals surface area contributed by atoms with Crippen molar-refractivity contribution in [3.63, 3.8) is 0 Å². The number of hydrogen-bond acceptors (Lipinski definition) is 0. The van der Waals surface area contributed by atoms with Gasteiger partial charge < -0.3 is 0 Å². The lowest BCUT2D eigenvalue weighted by Gasteiger charge is -2.31. The molecule has 0 nitrogen and oxygen atoms in total. The molecule has 0 amide bonds. The Morgan fingerprint density at radius 2 is 0.389 bits per heavy atom. The van der Waals surface area contributed by atoms with Crippen LogP contribution in [-0.2, 0) is 21.7 Å². The zero-order chi connectivity index (χ0) is 72.7. The van der Waals surface area contributed by atoms with Crippen LogP contribution in [0, 0.1) is 0 Å². The lowest BCUT2D eigenvalue weighted by Crippen LogP contribution is -2.24. The first-order valence-corrected chi connectivity index (χ1v) is 38.5. The average molecular weight is 1380 g/mol. The van der Waals surface area contributed by atoms with Gasteiger partial charge in [0.2, 0.25) is 0 Å². The first kappa shape index (κ1) is 63.9. The van der Waals surface area contributed by atoms with Crippen LogP contribution >= 0.6 is 0 Å². The highest BCUT2D eigenvalue weighted by Crippen LogP contribution is 2.62. The predicted octanol–water partition coefficient (Wildman–Crippen LogP) is 29.5. The van der Waals surface area contributed by atoms with E-state index in [1.165, 1.54) is 220 Å². The number of fused-ring (bicyclic) bond motifs is 20. The molecule has 0 unspecified atom stereocenters. The van der Waals surface area contributed by atoms with E-state index >= 15 is 0 Å². The summed E-state index contributed by atoms with van der Waals surface area (Å²) < 4.78 is 0. The minimum atomic E-state index is -0.141. The maximum Gasteiger partial charge on any atom is 0.0162 e. The Hall–Kier alpha value is -12.5. The molecule has 0 radical (unpaired) electrons. The van der Waals surface area contributed by atoms with E-state index < -0.39 is 0 Å². The van der Waals surface area contributed by atoms with Crippen molar-refractivity contribution >= 4 is 64.6 Å². The minimum Gasteiger partial charge on any atom is -0.0619 e. The molecule has 18 aromatic rings. The molecule has 512 valence electrons. The standard InChI is InChI=1S/2C54H40/c1-53(2)49-26-22-43(41-16-14-34-10-6-8-12-36(34)28-41)31-48(49)47-25-24-46-45-23-21-44(32-50(45)54(3,4)51(46)52(47)53)42-20-19-39-29-38(17-18-40(39)30-42)37-15-13-33-9-5-7-11-35(33)27-37;1-53(2)49-16-10-9-15-44(49)46-25-26-47-45-24-23-39(32-50(45)54(3,4)52(47)51(46)53)42-30-40-13-7-8-14-43(40)48(31-42)41-22-21-37-28-36(19-20-38(37)29-41)35-18-17-33-11-5-6-12-34(33)27-35/h2*5-32H,1-4H3. The quantitative estimate of drug-likeness (QED) is 0.156. The summed E-state index contributed by atoms with van der Waals surface area (Å²) in [4.78, 5) is 0. The van der Waals surface area contributed by atoms with Gasteiger partial charge in [0.1, 0.15) is 0 Å². The Kier molecular flexibility index (Phi) is 13.9. The lowest BCUT2D eigenvalue weighted by atomic mass is 9.72. The van der Waals surface area contributed by atoms with Gasteiger partial charge in [-0.15, -0.1) is 0 Å². The molecular formula is C108H80. The molecule has 0 heterocycles. The fourth-order valence-electron chi connectivity index (χ4n) is 20.0. The third-order valence-electron chi connectivity index (χ3n) is 25.5. The minimum absolute atomic E-state index is 0.0511. The van der Waals surface area contributed by atoms with Crippen LogP contribution in [0.3, 0.4) is 0 Å². The van der Waals surface area contributed by atoms with Gasteiger partial charge in [0.05, 0.1) is 0 Å². The van der Waals surface area contributed by atoms with E-state index in [4.69, 9.17) is 0 Å². The Morgan fingerprint density at radius 3 is 0.833 bits per heavy atom. The Labute approximate surface area is 633 Å². The van der Waals surface area contributed by atoms with E-state index in [9.17, 15) is 0 Å². The van der Waals surface area contributed by atoms with Gasteiger partial charge in [-0.2, -0.15) is 0 Å². The van der Waals surface area contributed by atoms with Crippen molar-refractivity contribution in [3.8, 4) is 111 Å². The summed E-state index contributed by atoms with van der Waals surface area (Å²) in [5.41, 5.74) is 37.4. The van der Waals surface area contributed by atoms with Crippen LogP contribution in [0.15, 0.2) is 340 Å². The van der Waals surface area contributed by atoms with Gasteiger partial charge >= 0.3 is 0 Å². The highest BCUT2D eigenvalue weighted by atomic mass is 14.5. The van der Waals surface area contributed by atoms with Gasteiger partial charge in [-0.3, -0.25) is 0 Å². The first-order valence-electron chi connectivity index (χ1n) is 38.5. The monoisotopic (exact) mass is 1380 g/mol. The second-order valence-corrected chi connectivity index (χ2v) is 33.1. The number of rotatable bonds is 6. The van der Waals surface area contributed by atoms with Crippen molar-refractivity contribution in [2.24, 2.45) is 0 Å². The molecule has 4 aliphatic rings. The average Bonchev–Trinajstić information content (AvgIpc) is 1.53. The van der Waals surface area contributed by atoms with Gasteiger partial charge in [0.25, 0.3) is 0 Å². The molecular weight excluding hydrogens is 1300 g/mol. The van der Waals surface area contributed by atoms with Crippen molar-refractivity contribution < 1.29 is 0 Å². The maximum atomic E-state index is 2.49. The van der Waals surface area contributed by atoms with Crippen LogP contribution in [0.5, 0.6) is 0 Å². The molecule has 0 aliphatic heterocycles. The highest BCUT2D eigenvalue weighted by molar-refractivity contribution is 6.04. The zero-order valence-electron chi connectivity index (χ0n) is 62.3. The van der Waals surface area contributed by atoms with Gasteiger partial charge in [-0.05, 0) is 293 Å². The Balaban J connectivity index is 0.000000138. The molecule has 0 spiro atoms. The van der Waals surface area contributed by atoms with Gasteiger partial charge in [-0.1, -0.05) is 322 Å². The summed E-state index contributed by atoms with van der Waals surface area (Å²) in [5.74, 6) is 0. The van der Waals surface area contributed by atoms with Crippen molar-refractivity contribution in [3.05, 3.63) is 384 Å². The van der Waals surface area contributed by atoms with Gasteiger partial charge in [0.15, 0.2) is 0 Å². The second-order valence-electron chi connectivity index (χ2n) is 33.1. The molecule has 108 heavy (non-hydrogen) atoms. The SMILES string of the molecule is CC1(C)c2ccc(-c3ccc4ccccc4c3)cc2-c2ccc3c(c21)C(C)(C)c1cc(-c2ccc4cc(-c5ccc6ccccc6c5)ccc4c2)ccc1-3.CC1(C)c2ccccc2-c2ccc3c(c21)C(C)(C)c1cc(-c2cc(-c4ccc5cc(-c6ccc7ccccc7c6)ccc5c4)c4ccccc4c2)ccc1-3. The third kappa shape index (κ3) is 9.75. The maximum absolute atomic E-state index is 2.49. The highest BCUT2D eigenvalue weighted by Gasteiger charge is 2.48. The normalized spacial score (nSPS) is 14.6. The van der Waals surface area contributed by atoms with Crippen molar-refractivity contribution in [1.82, 2.24) is 0 Å². The molecule has 0 saturated heterocycles. The van der Waals surface area contributed by atoms with Crippen LogP contribution in [-0.4, -0.2) is 0 Å². The summed E-state index contributed by atoms with van der Waals surface area (Å²) >= 11 is 0. The first-order chi connectivity index (χ1) is 52.5. The third-order valence-corrected chi connectivity index (χ3v) is 25.5. The summed E-state index contributed by atoms with van der Waals surface area (Å²) in [6.45, 7) is 19.4. The Morgan fingerprint density at radius 1 is 0.139 bits per heavy atom. The van der Waals surface area contributed by atoms with Gasteiger partial charge in [0, 0.05) is 21.7 Å². The van der Waals surface area contributed by atoms with Crippen molar-refractivity contribution in [2.75, 3.05) is 0 Å².